The lowest BCUT2D eigenvalue weighted by atomic mass is 10.1. The average Bonchev–Trinajstić information content (AvgIpc) is 1.66. The monoisotopic (exact) mass is 1930 g/mol. The number of benzene rings is 2. The van der Waals surface area contributed by atoms with Crippen LogP contribution in [0.25, 0.3) is 0 Å². The fraction of sp³-hybridized carbons (Fsp3) is 0.511. The van der Waals surface area contributed by atoms with Crippen LogP contribution in [0.1, 0.15) is 173 Å². The van der Waals surface area contributed by atoms with Crippen molar-refractivity contribution in [3.63, 3.8) is 0 Å². The van der Waals surface area contributed by atoms with Crippen LogP contribution in [0.4, 0.5) is 0 Å². The number of nitrogens with two attached hydrogens (primary N) is 2. The first-order valence-corrected chi connectivity index (χ1v) is 47.9. The van der Waals surface area contributed by atoms with Gasteiger partial charge in [0, 0.05) is 78.1 Å². The maximum absolute atomic E-state index is 13.9. The van der Waals surface area contributed by atoms with Crippen molar-refractivity contribution in [1.82, 2.24) is 92.2 Å². The van der Waals surface area contributed by atoms with Crippen LogP contribution in [0.5, 0.6) is 0 Å². The molecule has 728 valence electrons. The third-order valence-corrected chi connectivity index (χ3v) is 24.6. The molecule has 6 atom stereocenters. The summed E-state index contributed by atoms with van der Waals surface area (Å²) in [5.74, 6) is -3.96. The van der Waals surface area contributed by atoms with Crippen LogP contribution in [-0.2, 0) is 55.8 Å². The quantitative estimate of drug-likeness (QED) is 0.0181. The number of fused-ring (bicyclic) bond motifs is 2. The average molecular weight is 1930 g/mol. The molecule has 4 fully saturated rings. The fourth-order valence-electron chi connectivity index (χ4n) is 14.3. The highest BCUT2D eigenvalue weighted by molar-refractivity contribution is 8.23. The van der Waals surface area contributed by atoms with Gasteiger partial charge in [-0.2, -0.15) is 0 Å². The summed E-state index contributed by atoms with van der Waals surface area (Å²) < 4.78 is 26.5. The number of thioether (sulfide) groups is 2. The molecule has 4 saturated heterocycles. The van der Waals surface area contributed by atoms with Gasteiger partial charge in [-0.25, -0.2) is 0 Å². The molecule has 6 aromatic rings. The molecule has 4 aromatic heterocycles. The molecule has 0 saturated carbocycles. The van der Waals surface area contributed by atoms with Gasteiger partial charge in [-0.1, -0.05) is 122 Å². The first kappa shape index (κ1) is 107. The molecule has 7 aliphatic rings. The van der Waals surface area contributed by atoms with Crippen LogP contribution in [0.15, 0.2) is 128 Å². The Bertz CT molecular complexity index is 5220. The molecule has 0 aliphatic carbocycles. The zero-order chi connectivity index (χ0) is 96.3. The maximum atomic E-state index is 13.9. The van der Waals surface area contributed by atoms with E-state index in [0.29, 0.717) is 137 Å². The normalized spacial score (nSPS) is 18.3. The van der Waals surface area contributed by atoms with E-state index in [2.05, 4.69) is 70.7 Å². The van der Waals surface area contributed by atoms with Crippen LogP contribution in [0.3, 0.4) is 0 Å². The second-order valence-corrected chi connectivity index (χ2v) is 35.1. The number of carbonyl (C=O) groups is 10. The molecule has 11 heterocycles. The van der Waals surface area contributed by atoms with Crippen molar-refractivity contribution in [2.75, 3.05) is 156 Å². The fourth-order valence-corrected chi connectivity index (χ4v) is 16.7. The number of nitrogens with zero attached hydrogens (tertiary/aromatic N) is 6. The largest absolute Gasteiger partial charge is 0.405 e. The highest BCUT2D eigenvalue weighted by Gasteiger charge is 2.38. The minimum Gasteiger partial charge on any atom is -0.405 e. The Balaban J connectivity index is 0.000000248. The molecule has 16 N–H and O–H groups in total. The van der Waals surface area contributed by atoms with Crippen molar-refractivity contribution in [3.05, 3.63) is 207 Å². The molecular weight excluding hydrogens is 1810 g/mol. The van der Waals surface area contributed by atoms with Crippen molar-refractivity contribution in [3.8, 4) is 0 Å². The van der Waals surface area contributed by atoms with E-state index in [1.165, 1.54) is 95.9 Å². The van der Waals surface area contributed by atoms with Crippen molar-refractivity contribution in [2.45, 2.75) is 128 Å². The number of carbonyl (C=O) groups excluding carboxylic acids is 10. The Morgan fingerprint density at radius 1 is 0.515 bits per heavy atom. The maximum Gasteiger partial charge on any atom is 0.296 e. The predicted molar refractivity (Wildman–Crippen MR) is 514 cm³/mol. The van der Waals surface area contributed by atoms with Gasteiger partial charge in [0.25, 0.3) is 69.5 Å². The lowest BCUT2D eigenvalue weighted by Crippen LogP contribution is -2.52. The summed E-state index contributed by atoms with van der Waals surface area (Å²) in [6, 6.07) is 24.7. The van der Waals surface area contributed by atoms with Crippen molar-refractivity contribution in [2.24, 2.45) is 25.6 Å². The highest BCUT2D eigenvalue weighted by Crippen LogP contribution is 2.23. The topological polar surface area (TPSA) is 517 Å². The first-order valence-electron chi connectivity index (χ1n) is 45.1. The van der Waals surface area contributed by atoms with Gasteiger partial charge in [0.2, 0.25) is 11.8 Å². The van der Waals surface area contributed by atoms with Crippen LogP contribution < -0.4 is 107 Å². The van der Waals surface area contributed by atoms with E-state index < -0.39 is 99.7 Å². The Kier molecular flexibility index (Phi) is 45.4. The van der Waals surface area contributed by atoms with Gasteiger partial charge < -0.3 is 113 Å². The SMILES string of the molecule is CCCOCCNC(=O)C(CCCNCCCN)NCCCN.CCCOCCNC(=O)C1CCCNCCCNC(=O)c2ccc(c(=O)n2C)C(=O)N[C@@H]2COC[C@@H]2NC(=O)c2ccc(n(OCc3ccccc3)c2=O)C(=O)NCCCN1.Cn1c(C(=O)N2CCSC2=S)ccc(C(=O)N[C@@H]2COC[C@@H]2NC(=O)c2ccc(C(=O)N3CCSC3=S)n(OCc3ccccc3)c2=O)c1=O. The Morgan fingerprint density at radius 2 is 1.02 bits per heavy atom. The zero-order valence-corrected chi connectivity index (χ0v) is 79.2. The summed E-state index contributed by atoms with van der Waals surface area (Å²) in [5.41, 5.74) is 8.10. The third-order valence-electron chi connectivity index (χ3n) is 21.7. The Morgan fingerprint density at radius 3 is 1.60 bits per heavy atom. The number of pyridine rings is 4. The minimum atomic E-state index is -0.891. The molecule has 134 heavy (non-hydrogen) atoms. The van der Waals surface area contributed by atoms with Crippen molar-refractivity contribution >= 4 is 116 Å². The number of hydrogen-bond donors (Lipinski definition) is 14. The number of aromatic nitrogens is 4. The lowest BCUT2D eigenvalue weighted by molar-refractivity contribution is -0.124. The van der Waals surface area contributed by atoms with E-state index >= 15 is 0 Å². The molecule has 0 radical (unpaired) electrons. The molecule has 40 nitrogen and oxygen atoms in total. The third kappa shape index (κ3) is 32.1. The summed E-state index contributed by atoms with van der Waals surface area (Å²) in [6.45, 7) is 14.1. The first-order chi connectivity index (χ1) is 64.9. The van der Waals surface area contributed by atoms with Crippen molar-refractivity contribution in [1.29, 1.82) is 0 Å². The molecule has 2 aromatic carbocycles. The van der Waals surface area contributed by atoms with Gasteiger partial charge >= 0.3 is 0 Å². The lowest BCUT2D eigenvalue weighted by Gasteiger charge is -2.22. The van der Waals surface area contributed by atoms with Gasteiger partial charge in [-0.05, 0) is 176 Å². The van der Waals surface area contributed by atoms with Crippen molar-refractivity contribution < 1.29 is 76.6 Å². The van der Waals surface area contributed by atoms with Crippen LogP contribution in [-0.4, -0.2) is 288 Å². The molecule has 7 aliphatic heterocycles. The van der Waals surface area contributed by atoms with E-state index in [1.54, 1.807) is 48.5 Å². The van der Waals surface area contributed by atoms with Gasteiger partial charge in [-0.15, -0.1) is 9.46 Å². The number of hydrogen-bond acceptors (Lipinski definition) is 30. The molecule has 4 bridgehead atoms. The van der Waals surface area contributed by atoms with Gasteiger partial charge in [-0.3, -0.25) is 76.9 Å². The number of thiocarbonyl (C=S) groups is 2. The summed E-state index contributed by atoms with van der Waals surface area (Å²) in [7, 11) is 2.79. The summed E-state index contributed by atoms with van der Waals surface area (Å²) in [5, 5.41) is 35.6. The van der Waals surface area contributed by atoms with E-state index in [1.807, 2.05) is 19.1 Å². The molecule has 13 rings (SSSR count). The molecular formula is C90H124N20O20S4. The smallest absolute Gasteiger partial charge is 0.296 e. The number of nitrogens with one attached hydrogen (secondary N) is 12. The van der Waals surface area contributed by atoms with E-state index in [9.17, 15) is 67.1 Å². The summed E-state index contributed by atoms with van der Waals surface area (Å²) >= 11 is 13.3. The van der Waals surface area contributed by atoms with Gasteiger partial charge in [0.05, 0.1) is 75.9 Å². The molecule has 2 unspecified atom stereocenters. The van der Waals surface area contributed by atoms with E-state index in [4.69, 9.17) is 64.5 Å². The number of rotatable bonds is 35. The minimum absolute atomic E-state index is 0.00318. The molecule has 0 spiro atoms. The second kappa shape index (κ2) is 57.0. The molecule has 44 heteroatoms. The van der Waals surface area contributed by atoms with Crippen LogP contribution in [0.2, 0.25) is 0 Å². The van der Waals surface area contributed by atoms with E-state index in [0.717, 1.165) is 88.9 Å². The van der Waals surface area contributed by atoms with Crippen LogP contribution >= 0.6 is 48.0 Å². The van der Waals surface area contributed by atoms with Gasteiger partial charge in [0.15, 0.2) is 0 Å². The number of amides is 10. The summed E-state index contributed by atoms with van der Waals surface area (Å²) in [6.07, 6.45) is 7.74. The van der Waals surface area contributed by atoms with Gasteiger partial charge in [0.1, 0.15) is 66.9 Å². The molecule has 10 amide bonds. The van der Waals surface area contributed by atoms with E-state index in [-0.39, 0.29) is 109 Å². The zero-order valence-electron chi connectivity index (χ0n) is 75.9. The highest BCUT2D eigenvalue weighted by atomic mass is 32.2. The second-order valence-electron chi connectivity index (χ2n) is 31.6. The Labute approximate surface area is 795 Å². The Hall–Kier alpha value is -11.0. The number of ether oxygens (including phenoxy) is 4. The predicted octanol–water partition coefficient (Wildman–Crippen LogP) is -0.167. The standard InChI is InChI=1S/C42H57N9O10.C32H30N6O8S4.C16H37N5O2/c1-3-23-59-24-22-47-38(54)31-12-7-17-43-18-8-20-45-39(55)34-15-13-29(41(57)50(34)2)36(52)48-32-26-60-27-33(32)49-37(53)30-14-16-35(40(56)46-21-9-19-44-31)51(42(30)58)61-25-28-10-5-4-6-11-28;1-35-23(29(43)36-11-13-49-31(36)47)9-7-19(27(35)41)25(39)33-21-16-45-17-22(21)34-26(40)20-8-10-24(30(44)37-12-14-50-32(37)48)38(28(20)42)46-15-18-5-3-2-4-6-18;1-2-13-23-14-12-21-16(22)15(20-11-5-8-18)6-3-9-19-10-4-7-17/h4-6,10-11,13-16,31-33,43-44H,3,7-9,12,17-27H2,1-2H3,(H,45,55)(H,46,56)(H,47,54)(H,48,52)(H,49,53);2-10,21-22H,11-17H2,1H3,(H,33,39)(H,34,40);15,19-20H,2-14,17-18H2,1H3,(H,21,22)/t31?,32-,33+;21-,22+;/m11./s1. The van der Waals surface area contributed by atoms with Crippen LogP contribution in [0, 0.1) is 0 Å². The summed E-state index contributed by atoms with van der Waals surface area (Å²) in [4.78, 5) is 201.